The molecule has 94 valence electrons. The van der Waals surface area contributed by atoms with Crippen LogP contribution in [-0.2, 0) is 13.0 Å². The predicted octanol–water partition coefficient (Wildman–Crippen LogP) is 2.58. The quantitative estimate of drug-likeness (QED) is 0.879. The molecular formula is C14H16N2O2. The van der Waals surface area contributed by atoms with E-state index in [4.69, 9.17) is 5.11 Å². The van der Waals surface area contributed by atoms with Crippen molar-refractivity contribution in [3.8, 4) is 0 Å². The average Bonchev–Trinajstić information content (AvgIpc) is 2.74. The van der Waals surface area contributed by atoms with Crippen molar-refractivity contribution >= 4 is 5.97 Å². The molecular weight excluding hydrogens is 228 g/mol. The van der Waals surface area contributed by atoms with E-state index < -0.39 is 5.97 Å². The van der Waals surface area contributed by atoms with E-state index >= 15 is 0 Å². The van der Waals surface area contributed by atoms with E-state index in [2.05, 4.69) is 12.0 Å². The fourth-order valence-electron chi connectivity index (χ4n) is 1.90. The number of nitrogens with zero attached hydrogens (tertiary/aromatic N) is 2. The summed E-state index contributed by atoms with van der Waals surface area (Å²) in [5.74, 6) is -0.930. The third-order valence-corrected chi connectivity index (χ3v) is 2.73. The molecule has 0 radical (unpaired) electrons. The first kappa shape index (κ1) is 12.4. The van der Waals surface area contributed by atoms with Crippen molar-refractivity contribution in [1.29, 1.82) is 0 Å². The number of aryl methyl sites for hydroxylation is 1. The first-order valence-electron chi connectivity index (χ1n) is 6.04. The van der Waals surface area contributed by atoms with Crippen LogP contribution < -0.4 is 0 Å². The van der Waals surface area contributed by atoms with Crippen LogP contribution in [-0.4, -0.2) is 20.9 Å². The van der Waals surface area contributed by atoms with Gasteiger partial charge in [0.2, 0.25) is 0 Å². The number of aromatic carboxylic acids is 1. The van der Waals surface area contributed by atoms with Crippen LogP contribution in [0.3, 0.4) is 0 Å². The molecule has 0 spiro atoms. The van der Waals surface area contributed by atoms with Crippen LogP contribution in [0.2, 0.25) is 0 Å². The summed E-state index contributed by atoms with van der Waals surface area (Å²) in [6.07, 6.45) is 1.77. The predicted molar refractivity (Wildman–Crippen MR) is 68.7 cm³/mol. The molecule has 0 aliphatic rings. The standard InChI is InChI=1S/C14H16N2O2/c1-2-6-12-9-13(14(17)18)16(15-12)10-11-7-4-3-5-8-11/h3-5,7-9H,2,6,10H2,1H3,(H,17,18). The van der Waals surface area contributed by atoms with Crippen LogP contribution in [0.4, 0.5) is 0 Å². The van der Waals surface area contributed by atoms with Gasteiger partial charge >= 0.3 is 5.97 Å². The zero-order valence-corrected chi connectivity index (χ0v) is 10.3. The van der Waals surface area contributed by atoms with Crippen molar-refractivity contribution in [2.45, 2.75) is 26.3 Å². The van der Waals surface area contributed by atoms with E-state index in [0.717, 1.165) is 24.1 Å². The van der Waals surface area contributed by atoms with Gasteiger partial charge in [0.1, 0.15) is 5.69 Å². The van der Waals surface area contributed by atoms with Crippen molar-refractivity contribution in [2.75, 3.05) is 0 Å². The maximum Gasteiger partial charge on any atom is 0.354 e. The molecule has 1 aromatic heterocycles. The summed E-state index contributed by atoms with van der Waals surface area (Å²) in [5.41, 5.74) is 2.14. The molecule has 2 aromatic rings. The van der Waals surface area contributed by atoms with Gasteiger partial charge in [-0.3, -0.25) is 4.68 Å². The highest BCUT2D eigenvalue weighted by Gasteiger charge is 2.13. The van der Waals surface area contributed by atoms with E-state index in [0.29, 0.717) is 6.54 Å². The van der Waals surface area contributed by atoms with Crippen molar-refractivity contribution in [1.82, 2.24) is 9.78 Å². The van der Waals surface area contributed by atoms with E-state index in [1.165, 1.54) is 0 Å². The van der Waals surface area contributed by atoms with Gasteiger partial charge < -0.3 is 5.11 Å². The second-order valence-corrected chi connectivity index (χ2v) is 4.22. The van der Waals surface area contributed by atoms with Crippen LogP contribution in [0, 0.1) is 0 Å². The van der Waals surface area contributed by atoms with Gasteiger partial charge in [-0.2, -0.15) is 5.10 Å². The molecule has 0 fully saturated rings. The third-order valence-electron chi connectivity index (χ3n) is 2.73. The van der Waals surface area contributed by atoms with E-state index in [9.17, 15) is 4.79 Å². The fraction of sp³-hybridized carbons (Fsp3) is 0.286. The number of benzene rings is 1. The molecule has 0 unspecified atom stereocenters. The van der Waals surface area contributed by atoms with Crippen molar-refractivity contribution in [3.63, 3.8) is 0 Å². The second-order valence-electron chi connectivity index (χ2n) is 4.22. The molecule has 0 aliphatic carbocycles. The molecule has 4 nitrogen and oxygen atoms in total. The Hall–Kier alpha value is -2.10. The highest BCUT2D eigenvalue weighted by Crippen LogP contribution is 2.10. The maximum absolute atomic E-state index is 11.2. The number of hydrogen-bond acceptors (Lipinski definition) is 2. The Kier molecular flexibility index (Phi) is 3.77. The molecule has 1 heterocycles. The molecule has 0 amide bonds. The van der Waals surface area contributed by atoms with E-state index in [1.807, 2.05) is 30.3 Å². The average molecular weight is 244 g/mol. The summed E-state index contributed by atoms with van der Waals surface area (Å²) < 4.78 is 1.56. The molecule has 0 saturated heterocycles. The van der Waals surface area contributed by atoms with Crippen LogP contribution in [0.1, 0.15) is 35.1 Å². The number of carboxylic acid groups (broad SMARTS) is 1. The molecule has 2 rings (SSSR count). The van der Waals surface area contributed by atoms with Crippen molar-refractivity contribution in [3.05, 3.63) is 53.3 Å². The van der Waals surface area contributed by atoms with E-state index in [-0.39, 0.29) is 5.69 Å². The number of hydrogen-bond donors (Lipinski definition) is 1. The Morgan fingerprint density at radius 3 is 2.67 bits per heavy atom. The molecule has 1 N–H and O–H groups in total. The van der Waals surface area contributed by atoms with Gasteiger partial charge in [-0.05, 0) is 18.1 Å². The van der Waals surface area contributed by atoms with Crippen LogP contribution in [0.5, 0.6) is 0 Å². The summed E-state index contributed by atoms with van der Waals surface area (Å²) in [5, 5.41) is 13.5. The fourth-order valence-corrected chi connectivity index (χ4v) is 1.90. The number of aromatic nitrogens is 2. The molecule has 0 bridgehead atoms. The smallest absolute Gasteiger partial charge is 0.354 e. The molecule has 0 saturated carbocycles. The second kappa shape index (κ2) is 5.49. The topological polar surface area (TPSA) is 55.1 Å². The highest BCUT2D eigenvalue weighted by atomic mass is 16.4. The maximum atomic E-state index is 11.2. The Morgan fingerprint density at radius 1 is 1.33 bits per heavy atom. The monoisotopic (exact) mass is 244 g/mol. The Morgan fingerprint density at radius 2 is 2.06 bits per heavy atom. The summed E-state index contributed by atoms with van der Waals surface area (Å²) in [6.45, 7) is 2.54. The molecule has 0 atom stereocenters. The Bertz CT molecular complexity index is 532. The van der Waals surface area contributed by atoms with Crippen LogP contribution in [0.15, 0.2) is 36.4 Å². The van der Waals surface area contributed by atoms with E-state index in [1.54, 1.807) is 10.7 Å². The lowest BCUT2D eigenvalue weighted by molar-refractivity contribution is 0.0684. The number of carboxylic acids is 1. The van der Waals surface area contributed by atoms with Crippen molar-refractivity contribution in [2.24, 2.45) is 0 Å². The van der Waals surface area contributed by atoms with Gasteiger partial charge in [0.25, 0.3) is 0 Å². The van der Waals surface area contributed by atoms with Gasteiger partial charge in [-0.1, -0.05) is 43.7 Å². The largest absolute Gasteiger partial charge is 0.477 e. The number of rotatable bonds is 5. The van der Waals surface area contributed by atoms with Gasteiger partial charge in [0, 0.05) is 0 Å². The minimum atomic E-state index is -0.930. The van der Waals surface area contributed by atoms with Crippen LogP contribution >= 0.6 is 0 Å². The summed E-state index contributed by atoms with van der Waals surface area (Å²) >= 11 is 0. The summed E-state index contributed by atoms with van der Waals surface area (Å²) in [6, 6.07) is 11.4. The minimum Gasteiger partial charge on any atom is -0.477 e. The lowest BCUT2D eigenvalue weighted by atomic mass is 10.2. The molecule has 4 heteroatoms. The summed E-state index contributed by atoms with van der Waals surface area (Å²) in [7, 11) is 0. The van der Waals surface area contributed by atoms with Gasteiger partial charge in [-0.25, -0.2) is 4.79 Å². The van der Waals surface area contributed by atoms with Gasteiger partial charge in [0.05, 0.1) is 12.2 Å². The normalized spacial score (nSPS) is 10.5. The number of carbonyl (C=O) groups is 1. The Balaban J connectivity index is 2.28. The zero-order valence-electron chi connectivity index (χ0n) is 10.3. The minimum absolute atomic E-state index is 0.252. The highest BCUT2D eigenvalue weighted by molar-refractivity contribution is 5.85. The first-order chi connectivity index (χ1) is 8.70. The first-order valence-corrected chi connectivity index (χ1v) is 6.04. The Labute approximate surface area is 106 Å². The zero-order chi connectivity index (χ0) is 13.0. The molecule has 18 heavy (non-hydrogen) atoms. The van der Waals surface area contributed by atoms with Crippen molar-refractivity contribution < 1.29 is 9.90 Å². The molecule has 1 aromatic carbocycles. The van der Waals surface area contributed by atoms with Gasteiger partial charge in [0.15, 0.2) is 0 Å². The van der Waals surface area contributed by atoms with Gasteiger partial charge in [-0.15, -0.1) is 0 Å². The third kappa shape index (κ3) is 2.77. The SMILES string of the molecule is CCCc1cc(C(=O)O)n(Cc2ccccc2)n1. The van der Waals surface area contributed by atoms with Crippen LogP contribution in [0.25, 0.3) is 0 Å². The molecule has 0 aliphatic heterocycles. The lowest BCUT2D eigenvalue weighted by Gasteiger charge is -2.04. The lowest BCUT2D eigenvalue weighted by Crippen LogP contribution is -2.10. The summed E-state index contributed by atoms with van der Waals surface area (Å²) in [4.78, 5) is 11.2.